The van der Waals surface area contributed by atoms with Crippen molar-refractivity contribution < 1.29 is 13.5 Å². The van der Waals surface area contributed by atoms with Crippen LogP contribution in [-0.4, -0.2) is 61.1 Å². The highest BCUT2D eigenvalue weighted by Crippen LogP contribution is 2.24. The topological polar surface area (TPSA) is 72.9 Å². The maximum Gasteiger partial charge on any atom is 0.242 e. The van der Waals surface area contributed by atoms with E-state index < -0.39 is 10.0 Å². The first-order valence-corrected chi connectivity index (χ1v) is 9.84. The Morgan fingerprint density at radius 2 is 2.12 bits per heavy atom. The largest absolute Gasteiger partial charge is 0.394 e. The first kappa shape index (κ1) is 19.1. The van der Waals surface area contributed by atoms with Crippen molar-refractivity contribution in [1.82, 2.24) is 9.21 Å². The van der Waals surface area contributed by atoms with Gasteiger partial charge in [0.2, 0.25) is 10.0 Å². The number of anilines is 1. The van der Waals surface area contributed by atoms with Crippen LogP contribution in [0.4, 0.5) is 5.69 Å². The third kappa shape index (κ3) is 4.05. The lowest BCUT2D eigenvalue weighted by molar-refractivity contribution is 0.149. The summed E-state index contributed by atoms with van der Waals surface area (Å²) < 4.78 is 25.8. The maximum absolute atomic E-state index is 12.3. The molecule has 1 aromatic rings. The fraction of sp³-hybridized carbons (Fsp3) is 0.562. The highest BCUT2D eigenvalue weighted by molar-refractivity contribution is 7.89. The number of aliphatic hydroxyl groups is 1. The molecule has 134 valence electrons. The van der Waals surface area contributed by atoms with E-state index in [0.717, 1.165) is 31.4 Å². The van der Waals surface area contributed by atoms with Crippen molar-refractivity contribution in [1.29, 1.82) is 0 Å². The average Bonchev–Trinajstić information content (AvgIpc) is 2.56. The summed E-state index contributed by atoms with van der Waals surface area (Å²) in [5, 5.41) is 13.2. The Balaban J connectivity index is 2.24. The Bertz CT molecular complexity index is 705. The molecule has 1 aliphatic rings. The van der Waals surface area contributed by atoms with Crippen LogP contribution in [0, 0.1) is 6.92 Å². The number of aliphatic hydroxyl groups excluding tert-OH is 1. The summed E-state index contributed by atoms with van der Waals surface area (Å²) in [4.78, 5) is 2.21. The van der Waals surface area contributed by atoms with Gasteiger partial charge in [-0.2, -0.15) is 0 Å². The third-order valence-corrected chi connectivity index (χ3v) is 6.48. The number of nitrogens with one attached hydrogen (secondary N) is 1. The second-order valence-electron chi connectivity index (χ2n) is 6.22. The lowest BCUT2D eigenvalue weighted by Crippen LogP contribution is -2.47. The van der Waals surface area contributed by atoms with Crippen molar-refractivity contribution in [2.24, 2.45) is 0 Å². The molecule has 1 heterocycles. The fourth-order valence-electron chi connectivity index (χ4n) is 2.75. The minimum Gasteiger partial charge on any atom is -0.394 e. The minimum absolute atomic E-state index is 0.0211. The average molecular weight is 372 g/mol. The molecular formula is C16H25N3O3S2. The smallest absolute Gasteiger partial charge is 0.242 e. The van der Waals surface area contributed by atoms with Crippen molar-refractivity contribution in [3.05, 3.63) is 23.8 Å². The third-order valence-electron chi connectivity index (χ3n) is 4.33. The van der Waals surface area contributed by atoms with Crippen molar-refractivity contribution in [3.8, 4) is 0 Å². The van der Waals surface area contributed by atoms with Gasteiger partial charge in [0.05, 0.1) is 17.5 Å². The number of hydrogen-bond acceptors (Lipinski definition) is 4. The van der Waals surface area contributed by atoms with Crippen LogP contribution in [0.25, 0.3) is 0 Å². The van der Waals surface area contributed by atoms with Crippen molar-refractivity contribution >= 4 is 33.0 Å². The summed E-state index contributed by atoms with van der Waals surface area (Å²) in [6.45, 7) is 2.76. The lowest BCUT2D eigenvalue weighted by Gasteiger charge is -2.36. The standard InChI is InChI=1S/C16H25N3O3S2/c1-12-7-8-14(24(21,22)18(2)3)10-15(12)17-16(23)19-9-5-4-6-13(19)11-20/h7-8,10,13,20H,4-6,9,11H2,1-3H3,(H,17,23). The zero-order valence-corrected chi connectivity index (χ0v) is 16.0. The molecule has 0 spiro atoms. The second kappa shape index (κ2) is 7.77. The molecule has 1 saturated heterocycles. The Morgan fingerprint density at radius 1 is 1.42 bits per heavy atom. The summed E-state index contributed by atoms with van der Waals surface area (Å²) in [7, 11) is -0.483. The van der Waals surface area contributed by atoms with Crippen LogP contribution in [-0.2, 0) is 10.0 Å². The molecule has 8 heteroatoms. The van der Waals surface area contributed by atoms with E-state index in [9.17, 15) is 13.5 Å². The molecular weight excluding hydrogens is 346 g/mol. The fourth-order valence-corrected chi connectivity index (χ4v) is 4.03. The van der Waals surface area contributed by atoms with Crippen molar-refractivity contribution in [2.75, 3.05) is 32.6 Å². The van der Waals surface area contributed by atoms with E-state index in [0.29, 0.717) is 10.8 Å². The monoisotopic (exact) mass is 371 g/mol. The molecule has 0 aliphatic carbocycles. The molecule has 6 nitrogen and oxygen atoms in total. The molecule has 0 saturated carbocycles. The van der Waals surface area contributed by atoms with Gasteiger partial charge in [-0.1, -0.05) is 6.07 Å². The highest BCUT2D eigenvalue weighted by atomic mass is 32.2. The van der Waals surface area contributed by atoms with E-state index in [2.05, 4.69) is 5.32 Å². The normalized spacial score (nSPS) is 18.7. The Hall–Kier alpha value is -1.22. The molecule has 0 bridgehead atoms. The van der Waals surface area contributed by atoms with E-state index >= 15 is 0 Å². The van der Waals surface area contributed by atoms with E-state index in [1.807, 2.05) is 11.8 Å². The van der Waals surface area contributed by atoms with Crippen molar-refractivity contribution in [2.45, 2.75) is 37.1 Å². The van der Waals surface area contributed by atoms with E-state index in [4.69, 9.17) is 12.2 Å². The zero-order valence-electron chi connectivity index (χ0n) is 14.3. The van der Waals surface area contributed by atoms with E-state index in [1.54, 1.807) is 18.2 Å². The van der Waals surface area contributed by atoms with Crippen LogP contribution in [0.2, 0.25) is 0 Å². The molecule has 1 aromatic carbocycles. The van der Waals surface area contributed by atoms with Crippen LogP contribution >= 0.6 is 12.2 Å². The molecule has 1 fully saturated rings. The SMILES string of the molecule is Cc1ccc(S(=O)(=O)N(C)C)cc1NC(=S)N1CCCCC1CO. The van der Waals surface area contributed by atoms with E-state index in [-0.39, 0.29) is 17.5 Å². The van der Waals surface area contributed by atoms with Gasteiger partial charge in [-0.3, -0.25) is 0 Å². The van der Waals surface area contributed by atoms with Gasteiger partial charge in [0.25, 0.3) is 0 Å². The molecule has 1 unspecified atom stereocenters. The number of piperidine rings is 1. The van der Waals surface area contributed by atoms with Gasteiger partial charge in [-0.25, -0.2) is 12.7 Å². The Kier molecular flexibility index (Phi) is 6.19. The number of rotatable bonds is 4. The van der Waals surface area contributed by atoms with Gasteiger partial charge < -0.3 is 15.3 Å². The number of sulfonamides is 1. The number of nitrogens with zero attached hydrogens (tertiary/aromatic N) is 2. The molecule has 1 atom stereocenters. The van der Waals surface area contributed by atoms with Crippen LogP contribution in [0.3, 0.4) is 0 Å². The van der Waals surface area contributed by atoms with Gasteiger partial charge in [0.1, 0.15) is 0 Å². The summed E-state index contributed by atoms with van der Waals surface area (Å²) in [6.07, 6.45) is 3.03. The first-order chi connectivity index (χ1) is 11.3. The van der Waals surface area contributed by atoms with Gasteiger partial charge in [0, 0.05) is 26.3 Å². The first-order valence-electron chi connectivity index (χ1n) is 7.99. The summed E-state index contributed by atoms with van der Waals surface area (Å²) >= 11 is 5.49. The number of hydrogen-bond donors (Lipinski definition) is 2. The number of thiocarbonyl (C=S) groups is 1. The second-order valence-corrected chi connectivity index (χ2v) is 8.76. The molecule has 0 amide bonds. The highest BCUT2D eigenvalue weighted by Gasteiger charge is 2.24. The van der Waals surface area contributed by atoms with E-state index in [1.165, 1.54) is 18.4 Å². The molecule has 24 heavy (non-hydrogen) atoms. The van der Waals surface area contributed by atoms with Crippen LogP contribution < -0.4 is 5.32 Å². The molecule has 2 N–H and O–H groups in total. The number of likely N-dealkylation sites (tertiary alicyclic amines) is 1. The van der Waals surface area contributed by atoms with Crippen LogP contribution in [0.15, 0.2) is 23.1 Å². The van der Waals surface area contributed by atoms with Crippen molar-refractivity contribution in [3.63, 3.8) is 0 Å². The van der Waals surface area contributed by atoms with Gasteiger partial charge in [-0.05, 0) is 56.1 Å². The zero-order chi connectivity index (χ0) is 17.9. The maximum atomic E-state index is 12.3. The Morgan fingerprint density at radius 3 is 2.75 bits per heavy atom. The van der Waals surface area contributed by atoms with Crippen LogP contribution in [0.5, 0.6) is 0 Å². The predicted octanol–water partition coefficient (Wildman–Crippen LogP) is 1.79. The molecule has 2 rings (SSSR count). The molecule has 0 aromatic heterocycles. The number of aryl methyl sites for hydroxylation is 1. The quantitative estimate of drug-likeness (QED) is 0.786. The molecule has 0 radical (unpaired) electrons. The molecule has 1 aliphatic heterocycles. The Labute approximate surface area is 149 Å². The lowest BCUT2D eigenvalue weighted by atomic mass is 10.0. The van der Waals surface area contributed by atoms with Gasteiger partial charge in [-0.15, -0.1) is 0 Å². The van der Waals surface area contributed by atoms with Gasteiger partial charge >= 0.3 is 0 Å². The number of benzene rings is 1. The van der Waals surface area contributed by atoms with Gasteiger partial charge in [0.15, 0.2) is 5.11 Å². The summed E-state index contributed by atoms with van der Waals surface area (Å²) in [5.41, 5.74) is 1.58. The minimum atomic E-state index is -3.50. The summed E-state index contributed by atoms with van der Waals surface area (Å²) in [6, 6.07) is 4.99. The van der Waals surface area contributed by atoms with Crippen LogP contribution in [0.1, 0.15) is 24.8 Å². The summed E-state index contributed by atoms with van der Waals surface area (Å²) in [5.74, 6) is 0. The predicted molar refractivity (Wildman–Crippen MR) is 99.7 cm³/mol.